The van der Waals surface area contributed by atoms with Crippen molar-refractivity contribution in [3.8, 4) is 5.75 Å². The number of nitrogens with two attached hydrogens (primary N) is 1. The van der Waals surface area contributed by atoms with E-state index in [1.807, 2.05) is 6.92 Å². The van der Waals surface area contributed by atoms with Crippen LogP contribution in [0.4, 0.5) is 5.69 Å². The second kappa shape index (κ2) is 5.00. The van der Waals surface area contributed by atoms with Crippen molar-refractivity contribution >= 4 is 22.6 Å². The zero-order valence-electron chi connectivity index (χ0n) is 10.4. The van der Waals surface area contributed by atoms with Gasteiger partial charge < -0.3 is 19.6 Å². The average molecular weight is 249 g/mol. The molecule has 96 valence electrons. The fourth-order valence-corrected chi connectivity index (χ4v) is 1.67. The van der Waals surface area contributed by atoms with Crippen molar-refractivity contribution in [2.24, 2.45) is 0 Å². The number of methoxy groups -OCH3 is 1. The van der Waals surface area contributed by atoms with Crippen LogP contribution in [-0.4, -0.2) is 19.7 Å². The number of carbonyl (C=O) groups is 1. The molecule has 0 aliphatic rings. The minimum Gasteiger partial charge on any atom is -0.489 e. The van der Waals surface area contributed by atoms with Crippen LogP contribution in [0.5, 0.6) is 5.75 Å². The molecule has 2 aromatic rings. The molecule has 2 N–H and O–H groups in total. The van der Waals surface area contributed by atoms with Crippen molar-refractivity contribution in [1.29, 1.82) is 0 Å². The van der Waals surface area contributed by atoms with Crippen LogP contribution in [0.25, 0.3) is 11.0 Å². The maximum absolute atomic E-state index is 11.6. The van der Waals surface area contributed by atoms with E-state index >= 15 is 0 Å². The molecule has 0 aliphatic carbocycles. The first kappa shape index (κ1) is 12.3. The number of benzene rings is 1. The second-order valence-corrected chi connectivity index (χ2v) is 3.86. The Labute approximate surface area is 104 Å². The first-order valence-corrected chi connectivity index (χ1v) is 5.70. The SMILES string of the molecule is CCCOc1c(C(=O)OC)oc2ccc(N)cc12. The molecule has 0 amide bonds. The summed E-state index contributed by atoms with van der Waals surface area (Å²) in [5.74, 6) is -0.0894. The second-order valence-electron chi connectivity index (χ2n) is 3.86. The highest BCUT2D eigenvalue weighted by atomic mass is 16.5. The van der Waals surface area contributed by atoms with Crippen LogP contribution in [0.1, 0.15) is 23.9 Å². The van der Waals surface area contributed by atoms with Gasteiger partial charge in [-0.1, -0.05) is 6.92 Å². The summed E-state index contributed by atoms with van der Waals surface area (Å²) < 4.78 is 15.7. The molecule has 0 fully saturated rings. The molecule has 0 bridgehead atoms. The molecule has 5 nitrogen and oxygen atoms in total. The van der Waals surface area contributed by atoms with Gasteiger partial charge in [-0.3, -0.25) is 0 Å². The van der Waals surface area contributed by atoms with E-state index in [1.54, 1.807) is 18.2 Å². The number of rotatable bonds is 4. The molecule has 1 aromatic carbocycles. The van der Waals surface area contributed by atoms with Crippen LogP contribution in [0.15, 0.2) is 22.6 Å². The number of ether oxygens (including phenoxy) is 2. The maximum Gasteiger partial charge on any atom is 0.377 e. The molecule has 0 radical (unpaired) electrons. The largest absolute Gasteiger partial charge is 0.489 e. The summed E-state index contributed by atoms with van der Waals surface area (Å²) in [5.41, 5.74) is 6.86. The Bertz CT molecular complexity index is 574. The molecular weight excluding hydrogens is 234 g/mol. The highest BCUT2D eigenvalue weighted by molar-refractivity contribution is 5.99. The lowest BCUT2D eigenvalue weighted by atomic mass is 10.2. The number of hydrogen-bond donors (Lipinski definition) is 1. The Kier molecular flexibility index (Phi) is 3.41. The number of fused-ring (bicyclic) bond motifs is 1. The lowest BCUT2D eigenvalue weighted by Gasteiger charge is -2.04. The summed E-state index contributed by atoms with van der Waals surface area (Å²) in [6.07, 6.45) is 0.829. The number of esters is 1. The molecule has 0 saturated carbocycles. The average Bonchev–Trinajstić information content (AvgIpc) is 2.73. The Balaban J connectivity index is 2.57. The van der Waals surface area contributed by atoms with Crippen molar-refractivity contribution in [2.75, 3.05) is 19.5 Å². The van der Waals surface area contributed by atoms with Crippen molar-refractivity contribution in [2.45, 2.75) is 13.3 Å². The number of hydrogen-bond acceptors (Lipinski definition) is 5. The molecular formula is C13H15NO4. The standard InChI is InChI=1S/C13H15NO4/c1-3-6-17-11-9-7-8(14)4-5-10(9)18-12(11)13(15)16-2/h4-5,7H,3,6,14H2,1-2H3. The van der Waals surface area contributed by atoms with Gasteiger partial charge in [-0.25, -0.2) is 4.79 Å². The molecule has 0 unspecified atom stereocenters. The van der Waals surface area contributed by atoms with Gasteiger partial charge in [0.1, 0.15) is 5.58 Å². The van der Waals surface area contributed by atoms with Crippen molar-refractivity contribution in [1.82, 2.24) is 0 Å². The van der Waals surface area contributed by atoms with E-state index in [9.17, 15) is 4.79 Å². The van der Waals surface area contributed by atoms with Crippen LogP contribution in [-0.2, 0) is 4.74 Å². The van der Waals surface area contributed by atoms with Gasteiger partial charge in [0.05, 0.1) is 19.1 Å². The van der Waals surface area contributed by atoms with E-state index in [4.69, 9.17) is 14.9 Å². The third kappa shape index (κ3) is 2.11. The Morgan fingerprint density at radius 1 is 1.44 bits per heavy atom. The van der Waals surface area contributed by atoms with E-state index in [-0.39, 0.29) is 5.76 Å². The summed E-state index contributed by atoms with van der Waals surface area (Å²) in [7, 11) is 1.30. The summed E-state index contributed by atoms with van der Waals surface area (Å²) in [5, 5.41) is 0.684. The van der Waals surface area contributed by atoms with E-state index in [2.05, 4.69) is 4.74 Å². The number of carbonyl (C=O) groups excluding carboxylic acids is 1. The van der Waals surface area contributed by atoms with Gasteiger partial charge in [-0.15, -0.1) is 0 Å². The molecule has 18 heavy (non-hydrogen) atoms. The van der Waals surface area contributed by atoms with Crippen molar-refractivity contribution < 1.29 is 18.7 Å². The Morgan fingerprint density at radius 3 is 2.89 bits per heavy atom. The smallest absolute Gasteiger partial charge is 0.377 e. The Morgan fingerprint density at radius 2 is 2.22 bits per heavy atom. The first-order valence-electron chi connectivity index (χ1n) is 5.70. The summed E-state index contributed by atoms with van der Waals surface area (Å²) >= 11 is 0. The van der Waals surface area contributed by atoms with Gasteiger partial charge in [0.15, 0.2) is 5.75 Å². The lowest BCUT2D eigenvalue weighted by molar-refractivity contribution is 0.0561. The highest BCUT2D eigenvalue weighted by Gasteiger charge is 2.22. The van der Waals surface area contributed by atoms with Gasteiger partial charge in [0, 0.05) is 5.69 Å². The summed E-state index contributed by atoms with van der Waals surface area (Å²) in [4.78, 5) is 11.6. The fraction of sp³-hybridized carbons (Fsp3) is 0.308. The van der Waals surface area contributed by atoms with E-state index in [0.29, 0.717) is 29.0 Å². The number of nitrogen functional groups attached to an aromatic ring is 1. The lowest BCUT2D eigenvalue weighted by Crippen LogP contribution is -2.04. The van der Waals surface area contributed by atoms with Crippen LogP contribution >= 0.6 is 0 Å². The summed E-state index contributed by atoms with van der Waals surface area (Å²) in [6, 6.07) is 5.13. The van der Waals surface area contributed by atoms with Crippen LogP contribution < -0.4 is 10.5 Å². The quantitative estimate of drug-likeness (QED) is 0.665. The van der Waals surface area contributed by atoms with E-state index in [1.165, 1.54) is 7.11 Å². The normalized spacial score (nSPS) is 10.6. The first-order chi connectivity index (χ1) is 8.67. The van der Waals surface area contributed by atoms with Gasteiger partial charge >= 0.3 is 5.97 Å². The molecule has 1 aromatic heterocycles. The molecule has 2 rings (SSSR count). The maximum atomic E-state index is 11.6. The monoisotopic (exact) mass is 249 g/mol. The highest BCUT2D eigenvalue weighted by Crippen LogP contribution is 2.34. The zero-order chi connectivity index (χ0) is 13.1. The number of furan rings is 1. The van der Waals surface area contributed by atoms with Gasteiger partial charge in [0.25, 0.3) is 5.76 Å². The summed E-state index contributed by atoms with van der Waals surface area (Å²) in [6.45, 7) is 2.47. The molecule has 0 atom stereocenters. The third-order valence-corrected chi connectivity index (χ3v) is 2.49. The topological polar surface area (TPSA) is 74.7 Å². The third-order valence-electron chi connectivity index (χ3n) is 2.49. The molecule has 1 heterocycles. The van der Waals surface area contributed by atoms with Crippen LogP contribution in [0.3, 0.4) is 0 Å². The molecule has 0 spiro atoms. The molecule has 5 heteroatoms. The van der Waals surface area contributed by atoms with Crippen molar-refractivity contribution in [3.63, 3.8) is 0 Å². The van der Waals surface area contributed by atoms with Gasteiger partial charge in [0.2, 0.25) is 0 Å². The van der Waals surface area contributed by atoms with Crippen LogP contribution in [0.2, 0.25) is 0 Å². The fourth-order valence-electron chi connectivity index (χ4n) is 1.67. The van der Waals surface area contributed by atoms with Gasteiger partial charge in [-0.05, 0) is 24.6 Å². The minimum atomic E-state index is -0.559. The predicted octanol–water partition coefficient (Wildman–Crippen LogP) is 2.59. The van der Waals surface area contributed by atoms with Crippen LogP contribution in [0, 0.1) is 0 Å². The molecule has 0 aliphatic heterocycles. The zero-order valence-corrected chi connectivity index (χ0v) is 10.4. The minimum absolute atomic E-state index is 0.0755. The van der Waals surface area contributed by atoms with E-state index < -0.39 is 5.97 Å². The van der Waals surface area contributed by atoms with Crippen molar-refractivity contribution in [3.05, 3.63) is 24.0 Å². The Hall–Kier alpha value is -2.17. The predicted molar refractivity (Wildman–Crippen MR) is 67.8 cm³/mol. The van der Waals surface area contributed by atoms with E-state index in [0.717, 1.165) is 6.42 Å². The number of anilines is 1. The molecule has 0 saturated heterocycles. The van der Waals surface area contributed by atoms with Gasteiger partial charge in [-0.2, -0.15) is 0 Å².